The Morgan fingerprint density at radius 3 is 2.79 bits per heavy atom. The van der Waals surface area contributed by atoms with E-state index in [1.807, 2.05) is 0 Å². The van der Waals surface area contributed by atoms with E-state index in [4.69, 9.17) is 4.74 Å². The molecule has 1 N–H and O–H groups in total. The van der Waals surface area contributed by atoms with E-state index in [2.05, 4.69) is 20.1 Å². The quantitative estimate of drug-likeness (QED) is 0.522. The van der Waals surface area contributed by atoms with E-state index >= 15 is 0 Å². The summed E-state index contributed by atoms with van der Waals surface area (Å²) in [6.07, 6.45) is 6.96. The minimum absolute atomic E-state index is 0.213. The number of carbonyl (C=O) groups is 1. The molecule has 104 valence electrons. The van der Waals surface area contributed by atoms with Crippen molar-refractivity contribution in [1.82, 2.24) is 9.59 Å². The minimum atomic E-state index is -0.459. The van der Waals surface area contributed by atoms with Crippen molar-refractivity contribution >= 4 is 28.2 Å². The summed E-state index contributed by atoms with van der Waals surface area (Å²) >= 11 is 1.12. The van der Waals surface area contributed by atoms with Crippen molar-refractivity contribution in [2.75, 3.05) is 12.0 Å². The zero-order valence-corrected chi connectivity index (χ0v) is 11.8. The largest absolute Gasteiger partial charge is 0.461 e. The maximum absolute atomic E-state index is 11.6. The van der Waals surface area contributed by atoms with Gasteiger partial charge >= 0.3 is 5.97 Å². The molecule has 0 aromatic carbocycles. The van der Waals surface area contributed by atoms with Gasteiger partial charge in [-0.3, -0.25) is 5.43 Å². The number of nitrogens with one attached hydrogen (secondary N) is 1. The Kier molecular flexibility index (Phi) is 5.26. The van der Waals surface area contributed by atoms with Crippen LogP contribution in [0.15, 0.2) is 5.10 Å². The number of rotatable bonds is 4. The zero-order valence-electron chi connectivity index (χ0n) is 11.0. The van der Waals surface area contributed by atoms with Crippen molar-refractivity contribution in [3.8, 4) is 0 Å². The summed E-state index contributed by atoms with van der Waals surface area (Å²) in [7, 11) is 0. The number of anilines is 1. The van der Waals surface area contributed by atoms with Gasteiger partial charge in [-0.15, -0.1) is 5.10 Å². The first-order chi connectivity index (χ1) is 9.31. The van der Waals surface area contributed by atoms with Crippen LogP contribution in [0.5, 0.6) is 0 Å². The van der Waals surface area contributed by atoms with Gasteiger partial charge in [0.2, 0.25) is 5.69 Å². The molecule has 1 aliphatic rings. The molecular weight excluding hydrogens is 264 g/mol. The molecule has 6 nitrogen and oxygen atoms in total. The van der Waals surface area contributed by atoms with Crippen molar-refractivity contribution in [2.45, 2.75) is 45.4 Å². The highest BCUT2D eigenvalue weighted by Crippen LogP contribution is 2.20. The molecule has 7 heteroatoms. The Hall–Kier alpha value is -1.50. The third kappa shape index (κ3) is 3.99. The third-order valence-electron chi connectivity index (χ3n) is 2.95. The SMILES string of the molecule is CCOC(=O)c1nnsc1NN=C1CCCCCC1. The monoisotopic (exact) mass is 282 g/mol. The van der Waals surface area contributed by atoms with Crippen molar-refractivity contribution < 1.29 is 9.53 Å². The van der Waals surface area contributed by atoms with Crippen molar-refractivity contribution in [3.63, 3.8) is 0 Å². The molecular formula is C12H18N4O2S. The van der Waals surface area contributed by atoms with E-state index in [1.54, 1.807) is 6.92 Å². The molecule has 1 aromatic rings. The molecule has 2 rings (SSSR count). The minimum Gasteiger partial charge on any atom is -0.461 e. The van der Waals surface area contributed by atoms with Gasteiger partial charge in [-0.1, -0.05) is 17.3 Å². The van der Waals surface area contributed by atoms with Crippen molar-refractivity contribution in [3.05, 3.63) is 5.69 Å². The first kappa shape index (κ1) is 13.9. The van der Waals surface area contributed by atoms with Gasteiger partial charge in [-0.25, -0.2) is 4.79 Å². The molecule has 1 heterocycles. The van der Waals surface area contributed by atoms with Crippen LogP contribution >= 0.6 is 11.5 Å². The smallest absolute Gasteiger partial charge is 0.362 e. The van der Waals surface area contributed by atoms with Crippen LogP contribution in [0.2, 0.25) is 0 Å². The van der Waals surface area contributed by atoms with Crippen LogP contribution < -0.4 is 5.43 Å². The fourth-order valence-electron chi connectivity index (χ4n) is 1.98. The lowest BCUT2D eigenvalue weighted by molar-refractivity contribution is 0.0520. The summed E-state index contributed by atoms with van der Waals surface area (Å²) in [6.45, 7) is 2.08. The summed E-state index contributed by atoms with van der Waals surface area (Å²) in [5.41, 5.74) is 4.28. The first-order valence-electron chi connectivity index (χ1n) is 6.62. The van der Waals surface area contributed by atoms with Crippen LogP contribution in [-0.2, 0) is 4.74 Å². The highest BCUT2D eigenvalue weighted by Gasteiger charge is 2.17. The lowest BCUT2D eigenvalue weighted by Gasteiger charge is -2.03. The Labute approximate surface area is 116 Å². The van der Waals surface area contributed by atoms with Crippen LogP contribution in [-0.4, -0.2) is 27.9 Å². The molecule has 0 unspecified atom stereocenters. The van der Waals surface area contributed by atoms with E-state index in [9.17, 15) is 4.79 Å². The van der Waals surface area contributed by atoms with Gasteiger partial charge in [0.05, 0.1) is 6.61 Å². The van der Waals surface area contributed by atoms with E-state index in [0.717, 1.165) is 30.1 Å². The van der Waals surface area contributed by atoms with E-state index in [0.29, 0.717) is 11.6 Å². The maximum atomic E-state index is 11.6. The number of hydrogen-bond donors (Lipinski definition) is 1. The molecule has 0 amide bonds. The molecule has 0 spiro atoms. The fraction of sp³-hybridized carbons (Fsp3) is 0.667. The zero-order chi connectivity index (χ0) is 13.5. The standard InChI is InChI=1S/C12H18N4O2S/c1-2-18-12(17)10-11(19-16-14-10)15-13-9-7-5-3-4-6-8-9/h15H,2-8H2,1H3. The lowest BCUT2D eigenvalue weighted by Crippen LogP contribution is -2.08. The van der Waals surface area contributed by atoms with Gasteiger partial charge in [0.25, 0.3) is 0 Å². The summed E-state index contributed by atoms with van der Waals surface area (Å²) in [5.74, 6) is -0.459. The van der Waals surface area contributed by atoms with Gasteiger partial charge < -0.3 is 4.74 Å². The fourth-order valence-corrected chi connectivity index (χ4v) is 2.48. The van der Waals surface area contributed by atoms with Gasteiger partial charge in [0.15, 0.2) is 5.00 Å². The molecule has 19 heavy (non-hydrogen) atoms. The average molecular weight is 282 g/mol. The second kappa shape index (κ2) is 7.18. The summed E-state index contributed by atoms with van der Waals surface area (Å²) in [5, 5.41) is 8.71. The number of nitrogens with zero attached hydrogens (tertiary/aromatic N) is 3. The molecule has 0 radical (unpaired) electrons. The Balaban J connectivity index is 2.00. The van der Waals surface area contributed by atoms with Crippen LogP contribution in [0, 0.1) is 0 Å². The van der Waals surface area contributed by atoms with Gasteiger partial charge in [-0.2, -0.15) is 5.10 Å². The molecule has 1 aromatic heterocycles. The summed E-state index contributed by atoms with van der Waals surface area (Å²) in [4.78, 5) is 11.6. The maximum Gasteiger partial charge on any atom is 0.362 e. The van der Waals surface area contributed by atoms with Crippen molar-refractivity contribution in [1.29, 1.82) is 0 Å². The molecule has 0 aliphatic heterocycles. The van der Waals surface area contributed by atoms with E-state index in [1.165, 1.54) is 25.7 Å². The summed E-state index contributed by atoms with van der Waals surface area (Å²) < 4.78 is 8.68. The molecule has 1 aliphatic carbocycles. The van der Waals surface area contributed by atoms with E-state index < -0.39 is 5.97 Å². The van der Waals surface area contributed by atoms with Crippen LogP contribution in [0.25, 0.3) is 0 Å². The highest BCUT2D eigenvalue weighted by atomic mass is 32.1. The topological polar surface area (TPSA) is 76.5 Å². The number of ether oxygens (including phenoxy) is 1. The molecule has 1 saturated carbocycles. The van der Waals surface area contributed by atoms with Crippen LogP contribution in [0.4, 0.5) is 5.00 Å². The Morgan fingerprint density at radius 1 is 1.37 bits per heavy atom. The Bertz CT molecular complexity index is 448. The predicted molar refractivity (Wildman–Crippen MR) is 74.6 cm³/mol. The van der Waals surface area contributed by atoms with Crippen LogP contribution in [0.1, 0.15) is 55.9 Å². The molecule has 0 saturated heterocycles. The lowest BCUT2D eigenvalue weighted by atomic mass is 10.2. The normalized spacial score (nSPS) is 15.7. The number of carbonyl (C=O) groups excluding carboxylic acids is 1. The predicted octanol–water partition coefficient (Wildman–Crippen LogP) is 2.84. The molecule has 0 atom stereocenters. The number of hydrogen-bond acceptors (Lipinski definition) is 7. The third-order valence-corrected chi connectivity index (χ3v) is 3.58. The van der Waals surface area contributed by atoms with Crippen LogP contribution in [0.3, 0.4) is 0 Å². The number of aromatic nitrogens is 2. The summed E-state index contributed by atoms with van der Waals surface area (Å²) in [6, 6.07) is 0. The second-order valence-electron chi connectivity index (χ2n) is 4.38. The number of hydrazone groups is 1. The van der Waals surface area contributed by atoms with Gasteiger partial charge in [0, 0.05) is 17.2 Å². The Morgan fingerprint density at radius 2 is 2.11 bits per heavy atom. The average Bonchev–Trinajstić information content (AvgIpc) is 2.72. The molecule has 1 fully saturated rings. The van der Waals surface area contributed by atoms with E-state index in [-0.39, 0.29) is 5.69 Å². The van der Waals surface area contributed by atoms with Gasteiger partial charge in [0.1, 0.15) is 0 Å². The van der Waals surface area contributed by atoms with Gasteiger partial charge in [-0.05, 0) is 32.6 Å². The first-order valence-corrected chi connectivity index (χ1v) is 7.39. The highest BCUT2D eigenvalue weighted by molar-refractivity contribution is 7.10. The molecule has 0 bridgehead atoms. The second-order valence-corrected chi connectivity index (χ2v) is 5.13. The number of esters is 1. The van der Waals surface area contributed by atoms with Crippen molar-refractivity contribution in [2.24, 2.45) is 5.10 Å².